The zero-order chi connectivity index (χ0) is 22.2. The Morgan fingerprint density at radius 3 is 1.81 bits per heavy atom. The number of nitrogens with one attached hydrogen (secondary N) is 1. The summed E-state index contributed by atoms with van der Waals surface area (Å²) in [6.07, 6.45) is 0. The van der Waals surface area contributed by atoms with Gasteiger partial charge in [-0.3, -0.25) is 0 Å². The average molecular weight is 446 g/mol. The lowest BCUT2D eigenvalue weighted by atomic mass is 10.2. The van der Waals surface area contributed by atoms with Gasteiger partial charge in [0, 0.05) is 6.54 Å². The van der Waals surface area contributed by atoms with Crippen LogP contribution in [0, 0.1) is 0 Å². The van der Waals surface area contributed by atoms with Crippen LogP contribution in [-0.4, -0.2) is 8.42 Å². The number of hydrogen-bond donors (Lipinski definition) is 1. The number of sulfonamides is 1. The van der Waals surface area contributed by atoms with E-state index in [0.717, 1.165) is 16.9 Å². The topological polar surface area (TPSA) is 64.6 Å². The van der Waals surface area contributed by atoms with Crippen LogP contribution in [0.15, 0.2) is 114 Å². The van der Waals surface area contributed by atoms with Gasteiger partial charge in [0.2, 0.25) is 10.0 Å². The van der Waals surface area contributed by atoms with Crippen molar-refractivity contribution in [3.05, 3.63) is 120 Å². The van der Waals surface area contributed by atoms with Gasteiger partial charge in [-0.25, -0.2) is 13.1 Å². The van der Waals surface area contributed by atoms with Crippen molar-refractivity contribution in [3.8, 4) is 17.2 Å². The first-order valence-electron chi connectivity index (χ1n) is 10.2. The van der Waals surface area contributed by atoms with E-state index in [4.69, 9.17) is 9.47 Å². The third-order valence-corrected chi connectivity index (χ3v) is 6.17. The standard InChI is InChI=1S/C26H23NO4S/c28-32(29,26-17-15-25(16-18-26)31-24-9-5-2-6-10-24)27-19-21-11-13-23(14-12-21)30-20-22-7-3-1-4-8-22/h1-18,27H,19-20H2. The molecule has 0 amide bonds. The van der Waals surface area contributed by atoms with E-state index in [2.05, 4.69) is 4.72 Å². The predicted molar refractivity (Wildman–Crippen MR) is 124 cm³/mol. The molecule has 0 spiro atoms. The lowest BCUT2D eigenvalue weighted by molar-refractivity contribution is 0.306. The van der Waals surface area contributed by atoms with Gasteiger partial charge in [-0.05, 0) is 59.7 Å². The molecule has 162 valence electrons. The molecule has 0 saturated heterocycles. The minimum absolute atomic E-state index is 0.181. The normalized spacial score (nSPS) is 11.1. The maximum absolute atomic E-state index is 12.6. The summed E-state index contributed by atoms with van der Waals surface area (Å²) in [5.41, 5.74) is 1.93. The van der Waals surface area contributed by atoms with E-state index in [1.165, 1.54) is 12.1 Å². The van der Waals surface area contributed by atoms with Crippen molar-refractivity contribution in [2.24, 2.45) is 0 Å². The van der Waals surface area contributed by atoms with E-state index in [-0.39, 0.29) is 11.4 Å². The molecule has 0 saturated carbocycles. The molecule has 4 rings (SSSR count). The summed E-state index contributed by atoms with van der Waals surface area (Å²) in [6.45, 7) is 0.667. The van der Waals surface area contributed by atoms with Crippen molar-refractivity contribution in [1.82, 2.24) is 4.72 Å². The monoisotopic (exact) mass is 445 g/mol. The van der Waals surface area contributed by atoms with Crippen LogP contribution in [0.25, 0.3) is 0 Å². The minimum Gasteiger partial charge on any atom is -0.489 e. The van der Waals surface area contributed by atoms with Crippen LogP contribution in [0.3, 0.4) is 0 Å². The number of para-hydroxylation sites is 1. The molecule has 0 aliphatic rings. The summed E-state index contributed by atoms with van der Waals surface area (Å²) in [6, 6.07) is 32.9. The average Bonchev–Trinajstić information content (AvgIpc) is 2.84. The van der Waals surface area contributed by atoms with Gasteiger partial charge in [-0.2, -0.15) is 0 Å². The molecule has 4 aromatic rings. The summed E-state index contributed by atoms with van der Waals surface area (Å²) in [5.74, 6) is 1.99. The van der Waals surface area contributed by atoms with E-state index in [1.807, 2.05) is 84.9 Å². The third kappa shape index (κ3) is 5.97. The van der Waals surface area contributed by atoms with Crippen molar-refractivity contribution in [1.29, 1.82) is 0 Å². The summed E-state index contributed by atoms with van der Waals surface area (Å²) in [5, 5.41) is 0. The van der Waals surface area contributed by atoms with Crippen molar-refractivity contribution in [3.63, 3.8) is 0 Å². The van der Waals surface area contributed by atoms with Gasteiger partial charge in [0.25, 0.3) is 0 Å². The predicted octanol–water partition coefficient (Wildman–Crippen LogP) is 5.54. The Labute approximate surface area is 188 Å². The molecule has 0 aliphatic carbocycles. The third-order valence-electron chi connectivity index (χ3n) is 4.75. The van der Waals surface area contributed by atoms with E-state index < -0.39 is 10.0 Å². The van der Waals surface area contributed by atoms with E-state index in [9.17, 15) is 8.42 Å². The van der Waals surface area contributed by atoms with Crippen molar-refractivity contribution in [2.45, 2.75) is 18.0 Å². The van der Waals surface area contributed by atoms with Gasteiger partial charge in [0.1, 0.15) is 23.9 Å². The summed E-state index contributed by atoms with van der Waals surface area (Å²) in [7, 11) is -3.64. The minimum atomic E-state index is -3.64. The Bertz CT molecular complexity index is 1220. The van der Waals surface area contributed by atoms with Crippen LogP contribution in [0.1, 0.15) is 11.1 Å². The van der Waals surface area contributed by atoms with Crippen LogP contribution >= 0.6 is 0 Å². The first kappa shape index (κ1) is 21.6. The molecule has 0 aliphatic heterocycles. The molecular formula is C26H23NO4S. The Morgan fingerprint density at radius 1 is 0.594 bits per heavy atom. The number of benzene rings is 4. The van der Waals surface area contributed by atoms with E-state index >= 15 is 0 Å². The zero-order valence-corrected chi connectivity index (χ0v) is 18.2. The first-order valence-corrected chi connectivity index (χ1v) is 11.7. The second kappa shape index (κ2) is 10.1. The van der Waals surface area contributed by atoms with Gasteiger partial charge in [0.05, 0.1) is 4.90 Å². The van der Waals surface area contributed by atoms with Gasteiger partial charge in [0.15, 0.2) is 0 Å². The molecule has 0 atom stereocenters. The van der Waals surface area contributed by atoms with Crippen LogP contribution in [0.4, 0.5) is 0 Å². The zero-order valence-electron chi connectivity index (χ0n) is 17.3. The Morgan fingerprint density at radius 2 is 1.16 bits per heavy atom. The largest absolute Gasteiger partial charge is 0.489 e. The highest BCUT2D eigenvalue weighted by molar-refractivity contribution is 7.89. The van der Waals surface area contributed by atoms with Gasteiger partial charge >= 0.3 is 0 Å². The molecule has 0 bridgehead atoms. The van der Waals surface area contributed by atoms with Gasteiger partial charge in [-0.15, -0.1) is 0 Å². The summed E-state index contributed by atoms with van der Waals surface area (Å²) in [4.78, 5) is 0.181. The molecular weight excluding hydrogens is 422 g/mol. The SMILES string of the molecule is O=S(=O)(NCc1ccc(OCc2ccccc2)cc1)c1ccc(Oc2ccccc2)cc1. The maximum Gasteiger partial charge on any atom is 0.240 e. The van der Waals surface area contributed by atoms with Gasteiger partial charge in [-0.1, -0.05) is 60.7 Å². The maximum atomic E-state index is 12.6. The fourth-order valence-electron chi connectivity index (χ4n) is 3.02. The highest BCUT2D eigenvalue weighted by Crippen LogP contribution is 2.22. The smallest absolute Gasteiger partial charge is 0.240 e. The van der Waals surface area contributed by atoms with Crippen LogP contribution in [0.2, 0.25) is 0 Å². The van der Waals surface area contributed by atoms with E-state index in [1.54, 1.807) is 12.1 Å². The van der Waals surface area contributed by atoms with E-state index in [0.29, 0.717) is 18.1 Å². The fourth-order valence-corrected chi connectivity index (χ4v) is 4.04. The molecule has 0 heterocycles. The molecule has 4 aromatic carbocycles. The summed E-state index contributed by atoms with van der Waals surface area (Å²) < 4.78 is 39.4. The molecule has 6 heteroatoms. The highest BCUT2D eigenvalue weighted by atomic mass is 32.2. The molecule has 32 heavy (non-hydrogen) atoms. The number of ether oxygens (including phenoxy) is 2. The van der Waals surface area contributed by atoms with Crippen LogP contribution < -0.4 is 14.2 Å². The molecule has 1 N–H and O–H groups in total. The quantitative estimate of drug-likeness (QED) is 0.368. The van der Waals surface area contributed by atoms with Crippen molar-refractivity contribution < 1.29 is 17.9 Å². The molecule has 0 unspecified atom stereocenters. The van der Waals surface area contributed by atoms with Crippen LogP contribution in [0.5, 0.6) is 17.2 Å². The molecule has 0 fully saturated rings. The molecule has 0 radical (unpaired) electrons. The lowest BCUT2D eigenvalue weighted by Gasteiger charge is -2.10. The highest BCUT2D eigenvalue weighted by Gasteiger charge is 2.14. The molecule has 5 nitrogen and oxygen atoms in total. The number of hydrogen-bond acceptors (Lipinski definition) is 4. The van der Waals surface area contributed by atoms with Gasteiger partial charge < -0.3 is 9.47 Å². The Balaban J connectivity index is 1.31. The van der Waals surface area contributed by atoms with Crippen molar-refractivity contribution >= 4 is 10.0 Å². The second-order valence-electron chi connectivity index (χ2n) is 7.13. The van der Waals surface area contributed by atoms with Crippen molar-refractivity contribution in [2.75, 3.05) is 0 Å². The lowest BCUT2D eigenvalue weighted by Crippen LogP contribution is -2.23. The number of rotatable bonds is 9. The molecule has 0 aromatic heterocycles. The summed E-state index contributed by atoms with van der Waals surface area (Å²) >= 11 is 0. The Hall–Kier alpha value is -3.61. The first-order chi connectivity index (χ1) is 15.6. The second-order valence-corrected chi connectivity index (χ2v) is 8.90. The fraction of sp³-hybridized carbons (Fsp3) is 0.0769. The Kier molecular flexibility index (Phi) is 6.84. The van der Waals surface area contributed by atoms with Crippen LogP contribution in [-0.2, 0) is 23.2 Å².